The van der Waals surface area contributed by atoms with Crippen molar-refractivity contribution in [2.45, 2.75) is 30.7 Å². The number of hydrogen-bond donors (Lipinski definition) is 5. The fraction of sp³-hybridized carbons (Fsp3) is 0.571. The molecule has 0 bridgehead atoms. The Morgan fingerprint density at radius 2 is 1.74 bits per heavy atom. The summed E-state index contributed by atoms with van der Waals surface area (Å²) in [5, 5.41) is 48.4. The van der Waals surface area contributed by atoms with Crippen LogP contribution in [-0.4, -0.2) is 77.1 Å². The molecule has 1 aromatic carbocycles. The Morgan fingerprint density at radius 3 is 2.30 bits per heavy atom. The van der Waals surface area contributed by atoms with Crippen LogP contribution < -0.4 is 14.2 Å². The molecule has 0 spiro atoms. The number of aromatic hydroxyl groups is 1. The van der Waals surface area contributed by atoms with E-state index in [2.05, 4.69) is 0 Å². The maximum Gasteiger partial charge on any atom is 0.229 e. The van der Waals surface area contributed by atoms with Crippen molar-refractivity contribution in [3.05, 3.63) is 12.1 Å². The minimum Gasteiger partial charge on any atom is -0.504 e. The first-order valence-electron chi connectivity index (χ1n) is 6.85. The first-order valence-corrected chi connectivity index (χ1v) is 6.85. The Balaban J connectivity index is 2.22. The molecule has 1 fully saturated rings. The number of phenols is 1. The second-order valence-corrected chi connectivity index (χ2v) is 4.99. The minimum atomic E-state index is -1.56. The van der Waals surface area contributed by atoms with E-state index >= 15 is 0 Å². The molecule has 0 unspecified atom stereocenters. The summed E-state index contributed by atoms with van der Waals surface area (Å²) in [5.41, 5.74) is 0. The first-order chi connectivity index (χ1) is 10.9. The molecule has 5 atom stereocenters. The highest BCUT2D eigenvalue weighted by Gasteiger charge is 2.44. The van der Waals surface area contributed by atoms with Gasteiger partial charge >= 0.3 is 0 Å². The molecule has 5 N–H and O–H groups in total. The van der Waals surface area contributed by atoms with Crippen LogP contribution in [-0.2, 0) is 4.74 Å². The van der Waals surface area contributed by atoms with Gasteiger partial charge in [0.1, 0.15) is 30.2 Å². The zero-order valence-electron chi connectivity index (χ0n) is 12.6. The zero-order chi connectivity index (χ0) is 17.1. The van der Waals surface area contributed by atoms with E-state index < -0.39 is 37.3 Å². The fourth-order valence-electron chi connectivity index (χ4n) is 2.29. The molecule has 1 heterocycles. The number of methoxy groups -OCH3 is 2. The van der Waals surface area contributed by atoms with Gasteiger partial charge in [-0.1, -0.05) is 0 Å². The predicted molar refractivity (Wildman–Crippen MR) is 75.6 cm³/mol. The fourth-order valence-corrected chi connectivity index (χ4v) is 2.29. The van der Waals surface area contributed by atoms with E-state index in [0.717, 1.165) is 0 Å². The Kier molecular flexibility index (Phi) is 5.50. The maximum atomic E-state index is 9.92. The van der Waals surface area contributed by atoms with Crippen LogP contribution in [0.1, 0.15) is 0 Å². The third kappa shape index (κ3) is 3.43. The Labute approximate surface area is 132 Å². The van der Waals surface area contributed by atoms with Crippen LogP contribution in [0.2, 0.25) is 0 Å². The smallest absolute Gasteiger partial charge is 0.229 e. The Bertz CT molecular complexity index is 533. The third-order valence-electron chi connectivity index (χ3n) is 3.53. The molecule has 0 amide bonds. The first kappa shape index (κ1) is 17.6. The van der Waals surface area contributed by atoms with Crippen molar-refractivity contribution >= 4 is 0 Å². The number of aliphatic hydroxyl groups is 4. The van der Waals surface area contributed by atoms with Gasteiger partial charge in [0, 0.05) is 12.1 Å². The van der Waals surface area contributed by atoms with E-state index in [1.807, 2.05) is 0 Å². The quantitative estimate of drug-likeness (QED) is 0.440. The lowest BCUT2D eigenvalue weighted by Crippen LogP contribution is -2.60. The summed E-state index contributed by atoms with van der Waals surface area (Å²) >= 11 is 0. The molecule has 2 rings (SSSR count). The Morgan fingerprint density at radius 1 is 1.04 bits per heavy atom. The van der Waals surface area contributed by atoms with Crippen LogP contribution in [0, 0.1) is 0 Å². The van der Waals surface area contributed by atoms with Crippen LogP contribution in [0.3, 0.4) is 0 Å². The molecule has 1 aliphatic rings. The van der Waals surface area contributed by atoms with Gasteiger partial charge < -0.3 is 44.5 Å². The second kappa shape index (κ2) is 7.20. The normalized spacial score (nSPS) is 30.8. The molecule has 9 nitrogen and oxygen atoms in total. The summed E-state index contributed by atoms with van der Waals surface area (Å²) < 4.78 is 20.6. The van der Waals surface area contributed by atoms with Crippen LogP contribution >= 0.6 is 0 Å². The molecule has 0 aliphatic carbocycles. The molecule has 0 aromatic heterocycles. The number of ether oxygens (including phenoxy) is 4. The SMILES string of the molecule is COc1cc(O[C@@H]2O[C@H](CO)[C@@H](O)[C@H](O)[C@H]2O)cc(O)c1OC. The molecule has 130 valence electrons. The standard InChI is InChI=1S/C14H20O9/c1-20-8-4-6(3-7(16)13(8)21-2)22-14-12(19)11(18)10(17)9(5-15)23-14/h3-4,9-12,14-19H,5H2,1-2H3/t9-,10-,11+,12-,14-/m1/s1. The van der Waals surface area contributed by atoms with Gasteiger partial charge in [0.05, 0.1) is 20.8 Å². The zero-order valence-corrected chi connectivity index (χ0v) is 12.6. The molecule has 9 heteroatoms. The van der Waals surface area contributed by atoms with Crippen molar-refractivity contribution in [2.75, 3.05) is 20.8 Å². The minimum absolute atomic E-state index is 0.0736. The van der Waals surface area contributed by atoms with Crippen LogP contribution in [0.15, 0.2) is 12.1 Å². The van der Waals surface area contributed by atoms with Gasteiger partial charge in [-0.2, -0.15) is 0 Å². The Hall–Kier alpha value is -1.78. The average Bonchev–Trinajstić information content (AvgIpc) is 2.54. The molecule has 0 radical (unpaired) electrons. The molecule has 1 saturated heterocycles. The summed E-state index contributed by atoms with van der Waals surface area (Å²) in [7, 11) is 2.73. The lowest BCUT2D eigenvalue weighted by atomic mass is 9.99. The van der Waals surface area contributed by atoms with Crippen LogP contribution in [0.25, 0.3) is 0 Å². The van der Waals surface area contributed by atoms with Crippen molar-refractivity contribution in [1.29, 1.82) is 0 Å². The van der Waals surface area contributed by atoms with Gasteiger partial charge in [0.25, 0.3) is 0 Å². The topological polar surface area (TPSA) is 138 Å². The summed E-state index contributed by atoms with van der Waals surface area (Å²) in [6.45, 7) is -0.567. The van der Waals surface area contributed by atoms with E-state index in [9.17, 15) is 20.4 Å². The van der Waals surface area contributed by atoms with Gasteiger partial charge in [-0.3, -0.25) is 0 Å². The monoisotopic (exact) mass is 332 g/mol. The third-order valence-corrected chi connectivity index (χ3v) is 3.53. The van der Waals surface area contributed by atoms with E-state index in [0.29, 0.717) is 0 Å². The number of phenolic OH excluding ortho intramolecular Hbond substituents is 1. The van der Waals surface area contributed by atoms with E-state index in [4.69, 9.17) is 24.1 Å². The lowest BCUT2D eigenvalue weighted by Gasteiger charge is -2.39. The number of aliphatic hydroxyl groups excluding tert-OH is 4. The van der Waals surface area contributed by atoms with E-state index in [1.54, 1.807) is 0 Å². The molecular formula is C14H20O9. The summed E-state index contributed by atoms with van der Waals surface area (Å²) in [4.78, 5) is 0. The number of hydrogen-bond acceptors (Lipinski definition) is 9. The number of benzene rings is 1. The van der Waals surface area contributed by atoms with Crippen molar-refractivity contribution in [3.8, 4) is 23.0 Å². The van der Waals surface area contributed by atoms with Crippen molar-refractivity contribution in [1.82, 2.24) is 0 Å². The van der Waals surface area contributed by atoms with Gasteiger partial charge in [-0.05, 0) is 0 Å². The molecular weight excluding hydrogens is 312 g/mol. The largest absolute Gasteiger partial charge is 0.504 e. The molecule has 1 aliphatic heterocycles. The summed E-state index contributed by atoms with van der Waals surface area (Å²) in [6.07, 6.45) is -7.04. The van der Waals surface area contributed by atoms with E-state index in [-0.39, 0.29) is 23.0 Å². The van der Waals surface area contributed by atoms with Gasteiger partial charge in [0.2, 0.25) is 12.0 Å². The lowest BCUT2D eigenvalue weighted by molar-refractivity contribution is -0.277. The van der Waals surface area contributed by atoms with Crippen molar-refractivity contribution in [3.63, 3.8) is 0 Å². The summed E-state index contributed by atoms with van der Waals surface area (Å²) in [6, 6.07) is 2.60. The molecule has 1 aromatic rings. The van der Waals surface area contributed by atoms with Crippen LogP contribution in [0.5, 0.6) is 23.0 Å². The number of rotatable bonds is 5. The second-order valence-electron chi connectivity index (χ2n) is 4.99. The van der Waals surface area contributed by atoms with Gasteiger partial charge in [0.15, 0.2) is 11.5 Å². The molecule has 23 heavy (non-hydrogen) atoms. The molecule has 0 saturated carbocycles. The van der Waals surface area contributed by atoms with Crippen molar-refractivity contribution < 1.29 is 44.5 Å². The van der Waals surface area contributed by atoms with E-state index in [1.165, 1.54) is 26.4 Å². The summed E-state index contributed by atoms with van der Waals surface area (Å²) in [5.74, 6) is 0.108. The van der Waals surface area contributed by atoms with Gasteiger partial charge in [-0.25, -0.2) is 0 Å². The highest BCUT2D eigenvalue weighted by atomic mass is 16.7. The van der Waals surface area contributed by atoms with Crippen molar-refractivity contribution in [2.24, 2.45) is 0 Å². The van der Waals surface area contributed by atoms with Gasteiger partial charge in [-0.15, -0.1) is 0 Å². The highest BCUT2D eigenvalue weighted by Crippen LogP contribution is 2.40. The van der Waals surface area contributed by atoms with Crippen LogP contribution in [0.4, 0.5) is 0 Å². The highest BCUT2D eigenvalue weighted by molar-refractivity contribution is 5.55. The predicted octanol–water partition coefficient (Wildman–Crippen LogP) is -1.41. The maximum absolute atomic E-state index is 9.92. The average molecular weight is 332 g/mol.